The highest BCUT2D eigenvalue weighted by molar-refractivity contribution is 7.24. The summed E-state index contributed by atoms with van der Waals surface area (Å²) < 4.78 is 8.41. The summed E-state index contributed by atoms with van der Waals surface area (Å²) in [7, 11) is 0. The number of fused-ring (bicyclic) bond motifs is 4. The SMILES string of the molecule is CCN(CC)c1ccc2cc(-c3ccc(-c4ccc(-n5c6ccc(-c7ccc8ccc9cccc%10ccc7c8c9%10)cc6c6cc(-c7ccc8ccc9cccc%10ccc7c8c9%10)ccc65)s4)s3)c(=O)oc2c1. The molecule has 6 heteroatoms. The van der Waals surface area contributed by atoms with Crippen LogP contribution in [0.15, 0.2) is 203 Å². The van der Waals surface area contributed by atoms with Gasteiger partial charge in [0.1, 0.15) is 10.6 Å². The number of hydrogen-bond acceptors (Lipinski definition) is 5. The molecule has 0 N–H and O–H groups in total. The second-order valence-corrected chi connectivity index (χ2v) is 21.0. The first-order chi connectivity index (χ1) is 35.0. The van der Waals surface area contributed by atoms with E-state index in [0.29, 0.717) is 11.1 Å². The second kappa shape index (κ2) is 15.4. The van der Waals surface area contributed by atoms with Crippen molar-refractivity contribution in [3.63, 3.8) is 0 Å². The Bertz CT molecular complexity index is 4480. The first-order valence-corrected chi connectivity index (χ1v) is 26.1. The van der Waals surface area contributed by atoms with E-state index >= 15 is 0 Å². The van der Waals surface area contributed by atoms with E-state index in [9.17, 15) is 4.79 Å². The highest BCUT2D eigenvalue weighted by atomic mass is 32.1. The Morgan fingerprint density at radius 1 is 0.423 bits per heavy atom. The number of thiophene rings is 2. The summed E-state index contributed by atoms with van der Waals surface area (Å²) in [5.74, 6) is 0. The van der Waals surface area contributed by atoms with Crippen LogP contribution in [0.4, 0.5) is 5.69 Å². The second-order valence-electron chi connectivity index (χ2n) is 18.9. The minimum absolute atomic E-state index is 0.317. The van der Waals surface area contributed by atoms with Gasteiger partial charge < -0.3 is 13.9 Å². The van der Waals surface area contributed by atoms with Crippen molar-refractivity contribution < 1.29 is 4.42 Å². The van der Waals surface area contributed by atoms with Crippen molar-refractivity contribution in [2.45, 2.75) is 13.8 Å². The van der Waals surface area contributed by atoms with Crippen LogP contribution < -0.4 is 10.5 Å². The van der Waals surface area contributed by atoms with E-state index in [1.807, 2.05) is 12.1 Å². The van der Waals surface area contributed by atoms with Crippen LogP contribution in [-0.4, -0.2) is 17.7 Å². The average molecular weight is 947 g/mol. The maximum absolute atomic E-state index is 13.6. The largest absolute Gasteiger partial charge is 0.422 e. The van der Waals surface area contributed by atoms with Gasteiger partial charge in [0.05, 0.1) is 16.6 Å². The van der Waals surface area contributed by atoms with Crippen LogP contribution in [0, 0.1) is 0 Å². The van der Waals surface area contributed by atoms with Gasteiger partial charge >= 0.3 is 5.63 Å². The molecule has 71 heavy (non-hydrogen) atoms. The lowest BCUT2D eigenvalue weighted by Gasteiger charge is -2.20. The third-order valence-electron chi connectivity index (χ3n) is 15.2. The van der Waals surface area contributed by atoms with Crippen LogP contribution >= 0.6 is 22.7 Å². The zero-order chi connectivity index (χ0) is 47.1. The van der Waals surface area contributed by atoms with E-state index in [4.69, 9.17) is 4.42 Å². The minimum atomic E-state index is -0.317. The molecule has 4 aromatic heterocycles. The summed E-state index contributed by atoms with van der Waals surface area (Å²) in [5, 5.41) is 19.9. The molecule has 336 valence electrons. The molecule has 0 saturated carbocycles. The third-order valence-corrected chi connectivity index (χ3v) is 17.6. The Balaban J connectivity index is 0.886. The summed E-state index contributed by atoms with van der Waals surface area (Å²) in [6.07, 6.45) is 0. The molecule has 0 fully saturated rings. The number of rotatable bonds is 8. The molecule has 15 rings (SSSR count). The molecule has 0 unspecified atom stereocenters. The maximum Gasteiger partial charge on any atom is 0.345 e. The van der Waals surface area contributed by atoms with Gasteiger partial charge in [-0.3, -0.25) is 0 Å². The Hall–Kier alpha value is -8.29. The normalized spacial score (nSPS) is 12.3. The number of benzene rings is 11. The molecule has 4 heterocycles. The van der Waals surface area contributed by atoms with Crippen molar-refractivity contribution in [2.75, 3.05) is 18.0 Å². The van der Waals surface area contributed by atoms with Crippen LogP contribution in [0.3, 0.4) is 0 Å². The van der Waals surface area contributed by atoms with Crippen LogP contribution in [-0.2, 0) is 0 Å². The summed E-state index contributed by atoms with van der Waals surface area (Å²) in [6.45, 7) is 6.05. The van der Waals surface area contributed by atoms with Gasteiger partial charge in [-0.05, 0) is 167 Å². The van der Waals surface area contributed by atoms with E-state index in [-0.39, 0.29) is 5.63 Å². The molecule has 0 bridgehead atoms. The Morgan fingerprint density at radius 2 is 0.915 bits per heavy atom. The van der Waals surface area contributed by atoms with Crippen molar-refractivity contribution in [2.24, 2.45) is 0 Å². The molecule has 0 aliphatic rings. The fourth-order valence-corrected chi connectivity index (χ4v) is 14.0. The third kappa shape index (κ3) is 6.05. The number of aromatic nitrogens is 1. The van der Waals surface area contributed by atoms with Crippen LogP contribution in [0.5, 0.6) is 0 Å². The summed E-state index contributed by atoms with van der Waals surface area (Å²) in [4.78, 5) is 19.0. The van der Waals surface area contributed by atoms with Crippen LogP contribution in [0.2, 0.25) is 0 Å². The predicted molar refractivity (Wildman–Crippen MR) is 305 cm³/mol. The molecule has 0 spiro atoms. The van der Waals surface area contributed by atoms with Gasteiger partial charge in [0, 0.05) is 55.6 Å². The zero-order valence-electron chi connectivity index (χ0n) is 38.9. The fourth-order valence-electron chi connectivity index (χ4n) is 11.8. The zero-order valence-corrected chi connectivity index (χ0v) is 40.5. The van der Waals surface area contributed by atoms with Gasteiger partial charge in [0.2, 0.25) is 0 Å². The highest BCUT2D eigenvalue weighted by Gasteiger charge is 2.21. The van der Waals surface area contributed by atoms with E-state index in [0.717, 1.165) is 54.8 Å². The predicted octanol–water partition coefficient (Wildman–Crippen LogP) is 18.3. The Kier molecular flexibility index (Phi) is 8.78. The average Bonchev–Trinajstić information content (AvgIpc) is 4.18. The maximum atomic E-state index is 13.6. The van der Waals surface area contributed by atoms with Crippen LogP contribution in [0.25, 0.3) is 145 Å². The summed E-state index contributed by atoms with van der Waals surface area (Å²) >= 11 is 3.41. The molecule has 4 nitrogen and oxygen atoms in total. The van der Waals surface area contributed by atoms with Gasteiger partial charge in [-0.15, -0.1) is 22.7 Å². The summed E-state index contributed by atoms with van der Waals surface area (Å²) in [5.41, 5.74) is 9.12. The molecule has 15 aromatic rings. The fraction of sp³-hybridized carbons (Fsp3) is 0.0615. The monoisotopic (exact) mass is 946 g/mol. The van der Waals surface area contributed by atoms with Gasteiger partial charge in [0.15, 0.2) is 0 Å². The quantitative estimate of drug-likeness (QED) is 0.113. The molecule has 11 aromatic carbocycles. The molecular formula is C65H42N2O2S2. The van der Waals surface area contributed by atoms with Crippen LogP contribution in [0.1, 0.15) is 13.8 Å². The lowest BCUT2D eigenvalue weighted by molar-refractivity contribution is 0.563. The van der Waals surface area contributed by atoms with Crippen molar-refractivity contribution in [3.8, 4) is 47.4 Å². The molecule has 0 amide bonds. The number of nitrogens with zero attached hydrogens (tertiary/aromatic N) is 2. The Morgan fingerprint density at radius 3 is 1.49 bits per heavy atom. The van der Waals surface area contributed by atoms with E-state index in [2.05, 4.69) is 205 Å². The van der Waals surface area contributed by atoms with Gasteiger partial charge in [0.25, 0.3) is 0 Å². The Labute approximate surface area is 416 Å². The van der Waals surface area contributed by atoms with Gasteiger partial charge in [-0.25, -0.2) is 4.79 Å². The molecule has 0 atom stereocenters. The van der Waals surface area contributed by atoms with Crippen molar-refractivity contribution in [1.82, 2.24) is 4.57 Å². The molecule has 0 saturated heterocycles. The first-order valence-electron chi connectivity index (χ1n) is 24.4. The van der Waals surface area contributed by atoms with E-state index < -0.39 is 0 Å². The van der Waals surface area contributed by atoms with Crippen molar-refractivity contribution >= 4 is 126 Å². The van der Waals surface area contributed by atoms with E-state index in [1.165, 1.54) is 97.7 Å². The molecule has 0 radical (unpaired) electrons. The lowest BCUT2D eigenvalue weighted by atomic mass is 9.89. The molecule has 0 aliphatic carbocycles. The van der Waals surface area contributed by atoms with Crippen molar-refractivity contribution in [1.29, 1.82) is 0 Å². The molecular weight excluding hydrogens is 905 g/mol. The van der Waals surface area contributed by atoms with E-state index in [1.54, 1.807) is 22.7 Å². The van der Waals surface area contributed by atoms with Gasteiger partial charge in [-0.2, -0.15) is 0 Å². The number of anilines is 1. The standard InChI is InChI=1S/C65H42N2O2S2/c1-3-66(4-2)46-22-15-45-35-53(65(68)69-56(45)36-46)57-29-30-58(70-57)59-31-32-60(71-59)67-54-27-20-43(47-23-16-41-13-11-37-7-5-9-39-18-25-49(47)63(41)61(37)39)33-51(54)52-34-44(21-28-55(52)67)48-24-17-42-14-12-38-8-6-10-40-19-26-50(48)64(42)62(38)40/h5-36H,3-4H2,1-2H3. The topological polar surface area (TPSA) is 38.4 Å². The summed E-state index contributed by atoms with van der Waals surface area (Å²) in [6, 6.07) is 71.6. The molecule has 0 aliphatic heterocycles. The number of hydrogen-bond donors (Lipinski definition) is 0. The van der Waals surface area contributed by atoms with Gasteiger partial charge in [-0.1, -0.05) is 121 Å². The minimum Gasteiger partial charge on any atom is -0.422 e. The lowest BCUT2D eigenvalue weighted by Crippen LogP contribution is -2.21. The van der Waals surface area contributed by atoms with Crippen molar-refractivity contribution in [3.05, 3.63) is 205 Å². The highest BCUT2D eigenvalue weighted by Crippen LogP contribution is 2.46. The first kappa shape index (κ1) is 40.6. The smallest absolute Gasteiger partial charge is 0.345 e.